The predicted octanol–water partition coefficient (Wildman–Crippen LogP) is 1.70. The Kier molecular flexibility index (Phi) is 2.83. The van der Waals surface area contributed by atoms with Gasteiger partial charge in [0.2, 0.25) is 0 Å². The maximum Gasteiger partial charge on any atom is 0.269 e. The van der Waals surface area contributed by atoms with E-state index in [9.17, 15) is 15.2 Å². The van der Waals surface area contributed by atoms with Crippen LogP contribution in [0.2, 0.25) is 0 Å². The van der Waals surface area contributed by atoms with Gasteiger partial charge in [-0.3, -0.25) is 10.1 Å². The Labute approximate surface area is 80.1 Å². The van der Waals surface area contributed by atoms with E-state index < -0.39 is 16.8 Å². The number of hydrogen-bond donors (Lipinski definition) is 2. The third kappa shape index (κ3) is 2.08. The van der Waals surface area contributed by atoms with Gasteiger partial charge in [-0.05, 0) is 5.56 Å². The second kappa shape index (κ2) is 3.89. The minimum atomic E-state index is -1.28. The predicted molar refractivity (Wildman–Crippen MR) is 49.8 cm³/mol. The highest BCUT2D eigenvalue weighted by molar-refractivity contribution is 5.36. The van der Waals surface area contributed by atoms with Gasteiger partial charge in [-0.25, -0.2) is 0 Å². The molecule has 2 N–H and O–H groups in total. The van der Waals surface area contributed by atoms with Crippen molar-refractivity contribution in [2.24, 2.45) is 0 Å². The number of nitro benzene ring substituents is 1. The molecule has 1 unspecified atom stereocenters. The highest BCUT2D eigenvalue weighted by atomic mass is 16.6. The van der Waals surface area contributed by atoms with Gasteiger partial charge in [0.1, 0.15) is 11.9 Å². The Morgan fingerprint density at radius 3 is 2.71 bits per heavy atom. The Balaban J connectivity index is 3.05. The third-order valence-corrected chi connectivity index (χ3v) is 1.71. The Bertz CT molecular complexity index is 375. The van der Waals surface area contributed by atoms with Crippen LogP contribution in [0.25, 0.3) is 0 Å². The molecule has 5 nitrogen and oxygen atoms in total. The molecule has 0 heterocycles. The van der Waals surface area contributed by atoms with Gasteiger partial charge in [-0.1, -0.05) is 18.7 Å². The molecule has 14 heavy (non-hydrogen) atoms. The van der Waals surface area contributed by atoms with Gasteiger partial charge in [-0.2, -0.15) is 0 Å². The van der Waals surface area contributed by atoms with Gasteiger partial charge in [0.15, 0.2) is 0 Å². The van der Waals surface area contributed by atoms with Gasteiger partial charge in [0.25, 0.3) is 5.69 Å². The number of nitrogens with zero attached hydrogens (tertiary/aromatic N) is 1. The first-order valence-electron chi connectivity index (χ1n) is 3.82. The topological polar surface area (TPSA) is 83.6 Å². The summed E-state index contributed by atoms with van der Waals surface area (Å²) < 4.78 is 0. The zero-order valence-electron chi connectivity index (χ0n) is 7.25. The molecule has 0 fully saturated rings. The minimum Gasteiger partial charge on any atom is -0.510 e. The van der Waals surface area contributed by atoms with E-state index >= 15 is 0 Å². The van der Waals surface area contributed by atoms with Crippen molar-refractivity contribution < 1.29 is 15.1 Å². The van der Waals surface area contributed by atoms with Gasteiger partial charge in [0, 0.05) is 12.1 Å². The summed E-state index contributed by atoms with van der Waals surface area (Å²) in [5.74, 6) is -0.439. The smallest absolute Gasteiger partial charge is 0.269 e. The van der Waals surface area contributed by atoms with Crippen molar-refractivity contribution in [2.75, 3.05) is 0 Å². The van der Waals surface area contributed by atoms with Crippen LogP contribution in [0.15, 0.2) is 36.6 Å². The molecule has 0 aromatic heterocycles. The summed E-state index contributed by atoms with van der Waals surface area (Å²) in [5, 5.41) is 28.6. The molecule has 0 aliphatic rings. The van der Waals surface area contributed by atoms with Gasteiger partial charge < -0.3 is 10.2 Å². The van der Waals surface area contributed by atoms with E-state index in [1.807, 2.05) is 0 Å². The fourth-order valence-corrected chi connectivity index (χ4v) is 1.00. The molecular weight excluding hydrogens is 186 g/mol. The molecule has 0 aliphatic heterocycles. The SMILES string of the molecule is C=C(O)C(O)c1cccc([N+](=O)[O-])c1. The number of hydrogen-bond acceptors (Lipinski definition) is 4. The van der Waals surface area contributed by atoms with Crippen molar-refractivity contribution in [3.05, 3.63) is 52.3 Å². The number of nitro groups is 1. The first-order chi connectivity index (χ1) is 6.52. The molecule has 0 radical (unpaired) electrons. The number of non-ortho nitro benzene ring substituents is 1. The largest absolute Gasteiger partial charge is 0.510 e. The summed E-state index contributed by atoms with van der Waals surface area (Å²) in [7, 11) is 0. The Morgan fingerprint density at radius 1 is 1.57 bits per heavy atom. The van der Waals surface area contributed by atoms with Crippen LogP contribution in [-0.2, 0) is 0 Å². The fraction of sp³-hybridized carbons (Fsp3) is 0.111. The standard InChI is InChI=1S/C9H9NO4/c1-6(11)9(12)7-3-2-4-8(5-7)10(13)14/h2-5,9,11-12H,1H2. The first kappa shape index (κ1) is 10.2. The summed E-state index contributed by atoms with van der Waals surface area (Å²) in [6.45, 7) is 3.14. The van der Waals surface area contributed by atoms with E-state index in [-0.39, 0.29) is 11.3 Å². The molecule has 0 aliphatic carbocycles. The van der Waals surface area contributed by atoms with Gasteiger partial charge in [0.05, 0.1) is 4.92 Å². The molecule has 1 aromatic carbocycles. The second-order valence-electron chi connectivity index (χ2n) is 2.75. The number of rotatable bonds is 3. The van der Waals surface area contributed by atoms with Crippen molar-refractivity contribution in [2.45, 2.75) is 6.10 Å². The summed E-state index contributed by atoms with van der Waals surface area (Å²) in [5.41, 5.74) is 0.106. The van der Waals surface area contributed by atoms with E-state index in [2.05, 4.69) is 6.58 Å². The molecule has 1 atom stereocenters. The molecule has 0 spiro atoms. The highest BCUT2D eigenvalue weighted by Gasteiger charge is 2.13. The van der Waals surface area contributed by atoms with Crippen LogP contribution in [0.5, 0.6) is 0 Å². The van der Waals surface area contributed by atoms with Crippen molar-refractivity contribution in [3.8, 4) is 0 Å². The van der Waals surface area contributed by atoms with Crippen LogP contribution < -0.4 is 0 Å². The van der Waals surface area contributed by atoms with E-state index in [0.717, 1.165) is 0 Å². The lowest BCUT2D eigenvalue weighted by molar-refractivity contribution is -0.385. The monoisotopic (exact) mass is 195 g/mol. The van der Waals surface area contributed by atoms with Crippen LogP contribution in [0, 0.1) is 10.1 Å². The maximum absolute atomic E-state index is 10.4. The average molecular weight is 195 g/mol. The quantitative estimate of drug-likeness (QED) is 0.436. The normalized spacial score (nSPS) is 12.1. The maximum atomic E-state index is 10.4. The molecule has 1 rings (SSSR count). The lowest BCUT2D eigenvalue weighted by Gasteiger charge is -2.07. The van der Waals surface area contributed by atoms with Crippen LogP contribution in [0.1, 0.15) is 11.7 Å². The summed E-state index contributed by atoms with van der Waals surface area (Å²) in [6.07, 6.45) is -1.28. The van der Waals surface area contributed by atoms with Crippen LogP contribution in [-0.4, -0.2) is 15.1 Å². The first-order valence-corrected chi connectivity index (χ1v) is 3.82. The van der Waals surface area contributed by atoms with E-state index in [1.165, 1.54) is 24.3 Å². The van der Waals surface area contributed by atoms with E-state index in [4.69, 9.17) is 5.11 Å². The zero-order valence-corrected chi connectivity index (χ0v) is 7.25. The molecular formula is C9H9NO4. The van der Waals surface area contributed by atoms with E-state index in [0.29, 0.717) is 0 Å². The Hall–Kier alpha value is -1.88. The second-order valence-corrected chi connectivity index (χ2v) is 2.75. The molecule has 5 heteroatoms. The molecule has 0 saturated heterocycles. The van der Waals surface area contributed by atoms with Crippen molar-refractivity contribution in [1.29, 1.82) is 0 Å². The zero-order chi connectivity index (χ0) is 10.7. The number of benzene rings is 1. The fourth-order valence-electron chi connectivity index (χ4n) is 1.00. The molecule has 0 bridgehead atoms. The molecule has 74 valence electrons. The number of aliphatic hydroxyl groups excluding tert-OH is 2. The van der Waals surface area contributed by atoms with Crippen LogP contribution in [0.4, 0.5) is 5.69 Å². The summed E-state index contributed by atoms with van der Waals surface area (Å²) in [6, 6.07) is 5.39. The summed E-state index contributed by atoms with van der Waals surface area (Å²) >= 11 is 0. The van der Waals surface area contributed by atoms with Crippen LogP contribution in [0.3, 0.4) is 0 Å². The molecule has 1 aromatic rings. The molecule has 0 amide bonds. The third-order valence-electron chi connectivity index (χ3n) is 1.71. The minimum absolute atomic E-state index is 0.136. The summed E-state index contributed by atoms with van der Waals surface area (Å²) in [4.78, 5) is 9.81. The van der Waals surface area contributed by atoms with Gasteiger partial charge in [-0.15, -0.1) is 0 Å². The number of aliphatic hydroxyl groups is 2. The lowest BCUT2D eigenvalue weighted by Crippen LogP contribution is -2.00. The highest BCUT2D eigenvalue weighted by Crippen LogP contribution is 2.22. The van der Waals surface area contributed by atoms with Crippen molar-refractivity contribution in [3.63, 3.8) is 0 Å². The van der Waals surface area contributed by atoms with Crippen molar-refractivity contribution >= 4 is 5.69 Å². The average Bonchev–Trinajstić information content (AvgIpc) is 2.16. The van der Waals surface area contributed by atoms with Crippen molar-refractivity contribution in [1.82, 2.24) is 0 Å². The van der Waals surface area contributed by atoms with Gasteiger partial charge >= 0.3 is 0 Å². The Morgan fingerprint density at radius 2 is 2.21 bits per heavy atom. The van der Waals surface area contributed by atoms with Crippen LogP contribution >= 0.6 is 0 Å². The molecule has 0 saturated carbocycles. The van der Waals surface area contributed by atoms with E-state index in [1.54, 1.807) is 0 Å². The lowest BCUT2D eigenvalue weighted by atomic mass is 10.1.